The fourth-order valence-corrected chi connectivity index (χ4v) is 5.74. The second kappa shape index (κ2) is 9.00. The van der Waals surface area contributed by atoms with E-state index in [4.69, 9.17) is 14.2 Å². The minimum absolute atomic E-state index is 0.627. The Bertz CT molecular complexity index is 1200. The zero-order valence-electron chi connectivity index (χ0n) is 19.3. The summed E-state index contributed by atoms with van der Waals surface area (Å²) >= 11 is 1.65. The van der Waals surface area contributed by atoms with E-state index in [1.54, 1.807) is 25.2 Å². The number of carbonyl (C=O) groups excluding carboxylic acids is 1. The first-order valence-corrected chi connectivity index (χ1v) is 12.2. The molecular formula is C27H28O6S. The normalized spacial score (nSPS) is 26.4. The van der Waals surface area contributed by atoms with Gasteiger partial charge < -0.3 is 24.4 Å². The van der Waals surface area contributed by atoms with Crippen LogP contribution in [-0.2, 0) is 20.6 Å². The topological polar surface area (TPSA) is 85.2 Å². The Morgan fingerprint density at radius 2 is 1.91 bits per heavy atom. The van der Waals surface area contributed by atoms with Crippen LogP contribution in [-0.4, -0.2) is 46.9 Å². The number of aliphatic hydroxyl groups is 2. The van der Waals surface area contributed by atoms with E-state index in [0.717, 1.165) is 32.7 Å². The molecule has 0 saturated carbocycles. The van der Waals surface area contributed by atoms with Gasteiger partial charge >= 0.3 is 0 Å². The van der Waals surface area contributed by atoms with E-state index >= 15 is 0 Å². The predicted molar refractivity (Wildman–Crippen MR) is 129 cm³/mol. The molecule has 2 fully saturated rings. The molecule has 0 aliphatic carbocycles. The van der Waals surface area contributed by atoms with Crippen LogP contribution >= 0.6 is 11.3 Å². The molecule has 3 aromatic rings. The second-order valence-electron chi connectivity index (χ2n) is 9.34. The molecule has 6 nitrogen and oxygen atoms in total. The highest BCUT2D eigenvalue weighted by atomic mass is 32.1. The first-order chi connectivity index (χ1) is 16.3. The number of aryl methyl sites for hydroxylation is 1. The summed E-state index contributed by atoms with van der Waals surface area (Å²) in [6.45, 7) is 5.58. The summed E-state index contributed by atoms with van der Waals surface area (Å²) in [6, 6.07) is 17.5. The van der Waals surface area contributed by atoms with Gasteiger partial charge in [-0.05, 0) is 49.6 Å². The summed E-state index contributed by atoms with van der Waals surface area (Å²) in [6.07, 6.45) is -2.60. The minimum Gasteiger partial charge on any atom is -0.387 e. The van der Waals surface area contributed by atoms with Crippen molar-refractivity contribution in [2.24, 2.45) is 0 Å². The second-order valence-corrected chi connectivity index (χ2v) is 10.5. The summed E-state index contributed by atoms with van der Waals surface area (Å²) in [5.41, 5.74) is 4.47. The maximum absolute atomic E-state index is 11.4. The number of hydrogen-bond acceptors (Lipinski definition) is 7. The zero-order chi connectivity index (χ0) is 24.0. The number of fused-ring (bicyclic) bond motifs is 1. The van der Waals surface area contributed by atoms with Gasteiger partial charge in [0, 0.05) is 27.3 Å². The predicted octanol–water partition coefficient (Wildman–Crippen LogP) is 4.40. The van der Waals surface area contributed by atoms with Crippen molar-refractivity contribution in [1.29, 1.82) is 0 Å². The number of benzene rings is 2. The molecule has 2 aliphatic heterocycles. The van der Waals surface area contributed by atoms with Crippen LogP contribution in [0.3, 0.4) is 0 Å². The third kappa shape index (κ3) is 4.35. The van der Waals surface area contributed by atoms with Crippen molar-refractivity contribution in [1.82, 2.24) is 0 Å². The molecule has 5 rings (SSSR count). The van der Waals surface area contributed by atoms with Crippen LogP contribution in [0.5, 0.6) is 0 Å². The van der Waals surface area contributed by atoms with Crippen molar-refractivity contribution in [3.63, 3.8) is 0 Å². The van der Waals surface area contributed by atoms with Crippen molar-refractivity contribution < 1.29 is 29.2 Å². The van der Waals surface area contributed by atoms with Gasteiger partial charge in [0.1, 0.15) is 24.4 Å². The monoisotopic (exact) mass is 480 g/mol. The molecular weight excluding hydrogens is 452 g/mol. The Morgan fingerprint density at radius 3 is 2.68 bits per heavy atom. The molecule has 34 heavy (non-hydrogen) atoms. The van der Waals surface area contributed by atoms with E-state index in [1.165, 1.54) is 0 Å². The molecule has 178 valence electrons. The van der Waals surface area contributed by atoms with E-state index in [9.17, 15) is 15.0 Å². The SMILES string of the molecule is Cc1ccc(C(O)[C@@H]2O[C@H]3OC(C)(C)O[C@H]3[C@@H]2O)cc1Cc1ccc(-c2ccccc2C=O)s1. The molecule has 5 atom stereocenters. The van der Waals surface area contributed by atoms with Gasteiger partial charge in [-0.25, -0.2) is 0 Å². The Hall–Kier alpha value is -2.39. The molecule has 7 heteroatoms. The van der Waals surface area contributed by atoms with Crippen LogP contribution in [0.15, 0.2) is 54.6 Å². The molecule has 2 N–H and O–H groups in total. The molecule has 0 radical (unpaired) electrons. The minimum atomic E-state index is -1.02. The molecule has 2 aliphatic rings. The molecule has 1 aromatic heterocycles. The van der Waals surface area contributed by atoms with Crippen LogP contribution in [0, 0.1) is 6.92 Å². The average Bonchev–Trinajstić information content (AvgIpc) is 3.48. The third-order valence-electron chi connectivity index (χ3n) is 6.46. The standard InChI is InChI=1S/C27H28O6S/c1-15-8-9-16(22(29)24-23(30)25-26(31-24)33-27(2,3)32-25)12-18(15)13-19-10-11-21(34-19)20-7-5-4-6-17(20)14-28/h4-12,14,22-26,29-30H,13H2,1-3H3/t22?,23-,24+,25+,26+/m1/s1. The summed E-state index contributed by atoms with van der Waals surface area (Å²) in [4.78, 5) is 13.6. The Labute approximate surface area is 202 Å². The van der Waals surface area contributed by atoms with Crippen LogP contribution in [0.1, 0.15) is 51.9 Å². The summed E-state index contributed by atoms with van der Waals surface area (Å²) < 4.78 is 17.3. The summed E-state index contributed by atoms with van der Waals surface area (Å²) in [5, 5.41) is 21.8. The first-order valence-electron chi connectivity index (χ1n) is 11.4. The van der Waals surface area contributed by atoms with Crippen molar-refractivity contribution in [2.75, 3.05) is 0 Å². The number of aliphatic hydroxyl groups excluding tert-OH is 2. The fraction of sp³-hybridized carbons (Fsp3) is 0.370. The van der Waals surface area contributed by atoms with Gasteiger partial charge in [0.15, 0.2) is 18.4 Å². The zero-order valence-corrected chi connectivity index (χ0v) is 20.1. The van der Waals surface area contributed by atoms with Crippen LogP contribution < -0.4 is 0 Å². The van der Waals surface area contributed by atoms with Gasteiger partial charge in [-0.3, -0.25) is 4.79 Å². The lowest BCUT2D eigenvalue weighted by molar-refractivity contribution is -0.226. The highest BCUT2D eigenvalue weighted by molar-refractivity contribution is 7.15. The van der Waals surface area contributed by atoms with E-state index in [-0.39, 0.29) is 0 Å². The highest BCUT2D eigenvalue weighted by Gasteiger charge is 2.56. The lowest BCUT2D eigenvalue weighted by Gasteiger charge is -2.26. The van der Waals surface area contributed by atoms with Crippen LogP contribution in [0.25, 0.3) is 10.4 Å². The van der Waals surface area contributed by atoms with Gasteiger partial charge in [-0.1, -0.05) is 42.5 Å². The maximum atomic E-state index is 11.4. The summed E-state index contributed by atoms with van der Waals surface area (Å²) in [7, 11) is 0. The number of aldehydes is 1. The molecule has 0 spiro atoms. The number of rotatable bonds is 6. The smallest absolute Gasteiger partial charge is 0.190 e. The number of thiophene rings is 1. The number of hydrogen-bond donors (Lipinski definition) is 2. The lowest BCUT2D eigenvalue weighted by atomic mass is 9.94. The maximum Gasteiger partial charge on any atom is 0.190 e. The molecule has 1 unspecified atom stereocenters. The van der Waals surface area contributed by atoms with Gasteiger partial charge in [-0.15, -0.1) is 11.3 Å². The Kier molecular flexibility index (Phi) is 6.18. The Balaban J connectivity index is 1.34. The molecule has 2 saturated heterocycles. The van der Waals surface area contributed by atoms with E-state index in [0.29, 0.717) is 17.5 Å². The molecule has 2 aromatic carbocycles. The lowest BCUT2D eigenvalue weighted by Crippen LogP contribution is -2.37. The number of ether oxygens (including phenoxy) is 3. The van der Waals surface area contributed by atoms with E-state index < -0.39 is 36.5 Å². The van der Waals surface area contributed by atoms with Gasteiger partial charge in [0.2, 0.25) is 0 Å². The van der Waals surface area contributed by atoms with Crippen LogP contribution in [0.4, 0.5) is 0 Å². The Morgan fingerprint density at radius 1 is 1.12 bits per heavy atom. The van der Waals surface area contributed by atoms with E-state index in [2.05, 4.69) is 6.07 Å². The summed E-state index contributed by atoms with van der Waals surface area (Å²) in [5.74, 6) is -0.824. The average molecular weight is 481 g/mol. The number of carbonyl (C=O) groups is 1. The molecule has 0 bridgehead atoms. The van der Waals surface area contributed by atoms with Gasteiger partial charge in [-0.2, -0.15) is 0 Å². The quantitative estimate of drug-likeness (QED) is 0.509. The molecule has 0 amide bonds. The van der Waals surface area contributed by atoms with Crippen molar-refractivity contribution in [3.05, 3.63) is 81.7 Å². The van der Waals surface area contributed by atoms with Crippen LogP contribution in [0.2, 0.25) is 0 Å². The molecule has 3 heterocycles. The third-order valence-corrected chi connectivity index (χ3v) is 7.58. The van der Waals surface area contributed by atoms with Crippen molar-refractivity contribution in [2.45, 2.75) is 63.7 Å². The highest BCUT2D eigenvalue weighted by Crippen LogP contribution is 2.41. The van der Waals surface area contributed by atoms with Crippen molar-refractivity contribution >= 4 is 17.6 Å². The van der Waals surface area contributed by atoms with Crippen molar-refractivity contribution in [3.8, 4) is 10.4 Å². The first kappa shape index (κ1) is 23.4. The van der Waals surface area contributed by atoms with Gasteiger partial charge in [0.25, 0.3) is 0 Å². The fourth-order valence-electron chi connectivity index (χ4n) is 4.66. The largest absolute Gasteiger partial charge is 0.387 e. The van der Waals surface area contributed by atoms with E-state index in [1.807, 2.05) is 55.5 Å². The van der Waals surface area contributed by atoms with Gasteiger partial charge in [0.05, 0.1) is 0 Å².